The van der Waals surface area contributed by atoms with Gasteiger partial charge in [-0.3, -0.25) is 9.59 Å². The SMILES string of the molecule is C=C(C)C1CC(=O)OC(C(C)=O)C1. The van der Waals surface area contributed by atoms with Gasteiger partial charge < -0.3 is 4.74 Å². The van der Waals surface area contributed by atoms with E-state index in [1.807, 2.05) is 6.92 Å². The van der Waals surface area contributed by atoms with Gasteiger partial charge in [-0.1, -0.05) is 12.2 Å². The van der Waals surface area contributed by atoms with Crippen molar-refractivity contribution in [2.45, 2.75) is 32.8 Å². The fraction of sp³-hybridized carbons (Fsp3) is 0.600. The van der Waals surface area contributed by atoms with E-state index in [0.29, 0.717) is 12.8 Å². The van der Waals surface area contributed by atoms with Gasteiger partial charge in [-0.05, 0) is 26.2 Å². The molecule has 72 valence electrons. The summed E-state index contributed by atoms with van der Waals surface area (Å²) >= 11 is 0. The first-order chi connectivity index (χ1) is 6.00. The second kappa shape index (κ2) is 3.73. The minimum absolute atomic E-state index is 0.0840. The van der Waals surface area contributed by atoms with Gasteiger partial charge in [0.2, 0.25) is 0 Å². The van der Waals surface area contributed by atoms with Crippen molar-refractivity contribution in [2.24, 2.45) is 5.92 Å². The maximum absolute atomic E-state index is 11.1. The van der Waals surface area contributed by atoms with Crippen molar-refractivity contribution >= 4 is 11.8 Å². The number of Topliss-reactive ketones (excluding diaryl/α,β-unsaturated/α-hetero) is 1. The third-order valence-corrected chi connectivity index (χ3v) is 2.34. The summed E-state index contributed by atoms with van der Waals surface area (Å²) in [5.74, 6) is -0.270. The molecule has 3 heteroatoms. The Kier molecular flexibility index (Phi) is 2.86. The Hall–Kier alpha value is -1.12. The van der Waals surface area contributed by atoms with Crippen molar-refractivity contribution in [3.8, 4) is 0 Å². The summed E-state index contributed by atoms with van der Waals surface area (Å²) in [5, 5.41) is 0. The first-order valence-corrected chi connectivity index (χ1v) is 4.36. The minimum Gasteiger partial charge on any atom is -0.454 e. The number of cyclic esters (lactones) is 1. The molecule has 0 aliphatic carbocycles. The zero-order chi connectivity index (χ0) is 10.0. The highest BCUT2D eigenvalue weighted by molar-refractivity contribution is 5.84. The number of ketones is 1. The van der Waals surface area contributed by atoms with Crippen LogP contribution in [0.25, 0.3) is 0 Å². The molecule has 0 aromatic heterocycles. The van der Waals surface area contributed by atoms with Gasteiger partial charge in [0.1, 0.15) is 0 Å². The molecule has 13 heavy (non-hydrogen) atoms. The Bertz CT molecular complexity index is 231. The van der Waals surface area contributed by atoms with Gasteiger partial charge >= 0.3 is 5.97 Å². The van der Waals surface area contributed by atoms with Gasteiger partial charge in [0.25, 0.3) is 0 Å². The summed E-state index contributed by atoms with van der Waals surface area (Å²) in [6.07, 6.45) is 0.401. The van der Waals surface area contributed by atoms with E-state index in [-0.39, 0.29) is 17.7 Å². The number of rotatable bonds is 2. The van der Waals surface area contributed by atoms with Crippen molar-refractivity contribution in [2.75, 3.05) is 0 Å². The van der Waals surface area contributed by atoms with E-state index < -0.39 is 6.10 Å². The summed E-state index contributed by atoms with van der Waals surface area (Å²) < 4.78 is 4.90. The minimum atomic E-state index is -0.553. The van der Waals surface area contributed by atoms with Crippen LogP contribution < -0.4 is 0 Å². The third kappa shape index (κ3) is 2.41. The molecule has 1 aliphatic rings. The van der Waals surface area contributed by atoms with E-state index in [1.54, 1.807) is 0 Å². The second-order valence-electron chi connectivity index (χ2n) is 3.57. The Balaban J connectivity index is 2.68. The summed E-state index contributed by atoms with van der Waals surface area (Å²) in [6, 6.07) is 0. The molecule has 0 amide bonds. The van der Waals surface area contributed by atoms with Crippen LogP contribution in [0.1, 0.15) is 26.7 Å². The molecule has 1 aliphatic heterocycles. The standard InChI is InChI=1S/C10H14O3/c1-6(2)8-4-9(7(3)11)13-10(12)5-8/h8-9H,1,4-5H2,2-3H3. The molecule has 1 saturated heterocycles. The van der Waals surface area contributed by atoms with Crippen LogP contribution in [0.15, 0.2) is 12.2 Å². The van der Waals surface area contributed by atoms with Crippen molar-refractivity contribution in [1.82, 2.24) is 0 Å². The molecule has 0 aromatic carbocycles. The zero-order valence-corrected chi connectivity index (χ0v) is 8.00. The van der Waals surface area contributed by atoms with Crippen LogP contribution in [-0.2, 0) is 14.3 Å². The maximum Gasteiger partial charge on any atom is 0.307 e. The number of ether oxygens (including phenoxy) is 1. The summed E-state index contributed by atoms with van der Waals surface area (Å²) in [4.78, 5) is 22.1. The Morgan fingerprint density at radius 1 is 1.54 bits per heavy atom. The van der Waals surface area contributed by atoms with Crippen LogP contribution >= 0.6 is 0 Å². The lowest BCUT2D eigenvalue weighted by atomic mass is 9.88. The normalized spacial score (nSPS) is 28.0. The van der Waals surface area contributed by atoms with Gasteiger partial charge in [-0.15, -0.1) is 0 Å². The van der Waals surface area contributed by atoms with Gasteiger partial charge in [0.05, 0.1) is 6.42 Å². The number of carbonyl (C=O) groups excluding carboxylic acids is 2. The molecule has 0 aromatic rings. The quantitative estimate of drug-likeness (QED) is 0.480. The lowest BCUT2D eigenvalue weighted by Crippen LogP contribution is -2.34. The maximum atomic E-state index is 11.1. The van der Waals surface area contributed by atoms with E-state index in [0.717, 1.165) is 5.57 Å². The number of esters is 1. The third-order valence-electron chi connectivity index (χ3n) is 2.34. The predicted octanol–water partition coefficient (Wildman–Crippen LogP) is 1.47. The van der Waals surface area contributed by atoms with E-state index in [4.69, 9.17) is 4.74 Å². The molecule has 2 atom stereocenters. The molecule has 1 rings (SSSR count). The van der Waals surface area contributed by atoms with Crippen LogP contribution in [0.2, 0.25) is 0 Å². The number of hydrogen-bond donors (Lipinski definition) is 0. The largest absolute Gasteiger partial charge is 0.454 e. The average molecular weight is 182 g/mol. The monoisotopic (exact) mass is 182 g/mol. The molecule has 2 unspecified atom stereocenters. The van der Waals surface area contributed by atoms with Crippen LogP contribution in [-0.4, -0.2) is 17.9 Å². The van der Waals surface area contributed by atoms with Gasteiger partial charge in [0.15, 0.2) is 11.9 Å². The Morgan fingerprint density at radius 3 is 2.62 bits per heavy atom. The molecular weight excluding hydrogens is 168 g/mol. The van der Waals surface area contributed by atoms with E-state index >= 15 is 0 Å². The lowest BCUT2D eigenvalue weighted by molar-refractivity contribution is -0.161. The molecule has 3 nitrogen and oxygen atoms in total. The van der Waals surface area contributed by atoms with Gasteiger partial charge in [0, 0.05) is 0 Å². The second-order valence-corrected chi connectivity index (χ2v) is 3.57. The molecule has 1 heterocycles. The van der Waals surface area contributed by atoms with Crippen molar-refractivity contribution in [3.05, 3.63) is 12.2 Å². The van der Waals surface area contributed by atoms with E-state index in [9.17, 15) is 9.59 Å². The van der Waals surface area contributed by atoms with Crippen LogP contribution in [0.4, 0.5) is 0 Å². The molecule has 1 fully saturated rings. The lowest BCUT2D eigenvalue weighted by Gasteiger charge is -2.27. The average Bonchev–Trinajstić information content (AvgIpc) is 2.03. The summed E-state index contributed by atoms with van der Waals surface area (Å²) in [7, 11) is 0. The highest BCUT2D eigenvalue weighted by Crippen LogP contribution is 2.26. The fourth-order valence-electron chi connectivity index (χ4n) is 1.42. The van der Waals surface area contributed by atoms with Crippen LogP contribution in [0, 0.1) is 5.92 Å². The van der Waals surface area contributed by atoms with Gasteiger partial charge in [-0.25, -0.2) is 0 Å². The Labute approximate surface area is 77.8 Å². The number of carbonyl (C=O) groups is 2. The molecule has 0 saturated carbocycles. The smallest absolute Gasteiger partial charge is 0.307 e. The molecule has 0 N–H and O–H groups in total. The van der Waals surface area contributed by atoms with Crippen molar-refractivity contribution in [1.29, 1.82) is 0 Å². The predicted molar refractivity (Wildman–Crippen MR) is 48.1 cm³/mol. The van der Waals surface area contributed by atoms with Crippen LogP contribution in [0.5, 0.6) is 0 Å². The summed E-state index contributed by atoms with van der Waals surface area (Å²) in [6.45, 7) is 7.11. The molecule has 0 spiro atoms. The number of hydrogen-bond acceptors (Lipinski definition) is 3. The molecule has 0 bridgehead atoms. The van der Waals surface area contributed by atoms with Gasteiger partial charge in [-0.2, -0.15) is 0 Å². The van der Waals surface area contributed by atoms with Crippen molar-refractivity contribution in [3.63, 3.8) is 0 Å². The van der Waals surface area contributed by atoms with Crippen LogP contribution in [0.3, 0.4) is 0 Å². The topological polar surface area (TPSA) is 43.4 Å². The molecular formula is C10H14O3. The Morgan fingerprint density at radius 2 is 2.15 bits per heavy atom. The van der Waals surface area contributed by atoms with E-state index in [2.05, 4.69) is 6.58 Å². The zero-order valence-electron chi connectivity index (χ0n) is 8.00. The van der Waals surface area contributed by atoms with E-state index in [1.165, 1.54) is 6.92 Å². The molecule has 0 radical (unpaired) electrons. The first-order valence-electron chi connectivity index (χ1n) is 4.36. The first kappa shape index (κ1) is 9.96. The highest BCUT2D eigenvalue weighted by Gasteiger charge is 2.31. The summed E-state index contributed by atoms with van der Waals surface area (Å²) in [5.41, 5.74) is 0.947. The number of allylic oxidation sites excluding steroid dienone is 1. The van der Waals surface area contributed by atoms with Crippen molar-refractivity contribution < 1.29 is 14.3 Å². The fourth-order valence-corrected chi connectivity index (χ4v) is 1.42. The highest BCUT2D eigenvalue weighted by atomic mass is 16.5.